The van der Waals surface area contributed by atoms with Crippen LogP contribution in [-0.2, 0) is 25.5 Å². The quantitative estimate of drug-likeness (QED) is 0.730. The van der Waals surface area contributed by atoms with Crippen LogP contribution in [0.5, 0.6) is 11.5 Å². The highest BCUT2D eigenvalue weighted by Gasteiger charge is 2.30. The van der Waals surface area contributed by atoms with Gasteiger partial charge in [-0.1, -0.05) is 36.4 Å². The van der Waals surface area contributed by atoms with Gasteiger partial charge in [0, 0.05) is 13.7 Å². The molecule has 2 aliphatic heterocycles. The minimum Gasteiger partial charge on any atom is -0.454 e. The Hall–Kier alpha value is -2.61. The number of fused-ring (bicyclic) bond motifs is 1. The van der Waals surface area contributed by atoms with Gasteiger partial charge in [-0.3, -0.25) is 4.79 Å². The predicted octanol–water partition coefficient (Wildman–Crippen LogP) is 2.50. The third-order valence-corrected chi connectivity index (χ3v) is 4.74. The van der Waals surface area contributed by atoms with Gasteiger partial charge in [0.25, 0.3) is 5.91 Å². The van der Waals surface area contributed by atoms with Crippen LogP contribution in [0, 0.1) is 0 Å². The van der Waals surface area contributed by atoms with Gasteiger partial charge >= 0.3 is 0 Å². The molecule has 0 aliphatic carbocycles. The number of carbonyl (C=O) groups excluding carboxylic acids is 1. The summed E-state index contributed by atoms with van der Waals surface area (Å²) in [6, 6.07) is 15.1. The Labute approximate surface area is 163 Å². The van der Waals surface area contributed by atoms with Crippen molar-refractivity contribution in [2.45, 2.75) is 18.9 Å². The number of benzene rings is 2. The summed E-state index contributed by atoms with van der Waals surface area (Å²) in [4.78, 5) is 15.0. The summed E-state index contributed by atoms with van der Waals surface area (Å²) in [5.74, 6) is 1.25. The Bertz CT molecular complexity index is 806. The van der Waals surface area contributed by atoms with Crippen LogP contribution in [0.15, 0.2) is 48.5 Å². The van der Waals surface area contributed by atoms with E-state index in [0.29, 0.717) is 37.8 Å². The molecule has 1 amide bonds. The first-order chi connectivity index (χ1) is 13.7. The number of amides is 1. The summed E-state index contributed by atoms with van der Waals surface area (Å²) < 4.78 is 27.5. The van der Waals surface area contributed by atoms with Gasteiger partial charge in [0.15, 0.2) is 23.9 Å². The standard InChI is InChI=1S/C21H23NO6/c1-24-20(16-5-3-2-4-6-16)21(23)22(13-19-25-9-10-26-19)12-15-7-8-17-18(11-15)28-14-27-17/h2-8,11,19-20H,9-10,12-14H2,1H3/t20-/m1/s1. The molecule has 0 aromatic heterocycles. The number of rotatable bonds is 7. The molecule has 2 aliphatic rings. The predicted molar refractivity (Wildman–Crippen MR) is 99.9 cm³/mol. The van der Waals surface area contributed by atoms with Crippen molar-refractivity contribution in [3.63, 3.8) is 0 Å². The van der Waals surface area contributed by atoms with Gasteiger partial charge in [-0.05, 0) is 23.3 Å². The maximum Gasteiger partial charge on any atom is 0.256 e. The second-order valence-electron chi connectivity index (χ2n) is 6.60. The molecule has 2 heterocycles. The van der Waals surface area contributed by atoms with Crippen molar-refractivity contribution in [2.24, 2.45) is 0 Å². The normalized spacial score (nSPS) is 16.9. The van der Waals surface area contributed by atoms with Gasteiger partial charge < -0.3 is 28.6 Å². The zero-order valence-electron chi connectivity index (χ0n) is 15.7. The molecule has 1 fully saturated rings. The summed E-state index contributed by atoms with van der Waals surface area (Å²) in [6.45, 7) is 1.97. The third kappa shape index (κ3) is 4.11. The van der Waals surface area contributed by atoms with Crippen LogP contribution in [0.4, 0.5) is 0 Å². The first-order valence-corrected chi connectivity index (χ1v) is 9.23. The number of hydrogen-bond acceptors (Lipinski definition) is 6. The molecule has 0 saturated carbocycles. The van der Waals surface area contributed by atoms with Gasteiger partial charge in [0.1, 0.15) is 0 Å². The monoisotopic (exact) mass is 385 g/mol. The van der Waals surface area contributed by atoms with Crippen molar-refractivity contribution in [3.8, 4) is 11.5 Å². The van der Waals surface area contributed by atoms with E-state index in [1.54, 1.807) is 4.90 Å². The average molecular weight is 385 g/mol. The van der Waals surface area contributed by atoms with E-state index < -0.39 is 12.4 Å². The first kappa shape index (κ1) is 18.7. The van der Waals surface area contributed by atoms with Crippen molar-refractivity contribution >= 4 is 5.91 Å². The maximum atomic E-state index is 13.3. The molecular weight excluding hydrogens is 362 g/mol. The molecule has 4 rings (SSSR count). The second kappa shape index (κ2) is 8.60. The van der Waals surface area contributed by atoms with Gasteiger partial charge in [-0.2, -0.15) is 0 Å². The van der Waals surface area contributed by atoms with Gasteiger partial charge in [0.2, 0.25) is 6.79 Å². The van der Waals surface area contributed by atoms with Gasteiger partial charge in [0.05, 0.1) is 19.8 Å². The van der Waals surface area contributed by atoms with Crippen LogP contribution in [0.25, 0.3) is 0 Å². The number of hydrogen-bond donors (Lipinski definition) is 0. The fourth-order valence-corrected chi connectivity index (χ4v) is 3.36. The van der Waals surface area contributed by atoms with Crippen molar-refractivity contribution in [2.75, 3.05) is 33.7 Å². The summed E-state index contributed by atoms with van der Waals surface area (Å²) >= 11 is 0. The minimum atomic E-state index is -0.698. The molecule has 0 N–H and O–H groups in total. The van der Waals surface area contributed by atoms with E-state index in [2.05, 4.69) is 0 Å². The molecular formula is C21H23NO6. The van der Waals surface area contributed by atoms with E-state index in [4.69, 9.17) is 23.7 Å². The number of nitrogens with zero attached hydrogens (tertiary/aromatic N) is 1. The fourth-order valence-electron chi connectivity index (χ4n) is 3.36. The van der Waals surface area contributed by atoms with Crippen LogP contribution in [0.1, 0.15) is 17.2 Å². The topological polar surface area (TPSA) is 66.5 Å². The second-order valence-corrected chi connectivity index (χ2v) is 6.60. The van der Waals surface area contributed by atoms with E-state index in [1.807, 2.05) is 48.5 Å². The smallest absolute Gasteiger partial charge is 0.256 e. The zero-order valence-corrected chi connectivity index (χ0v) is 15.7. The van der Waals surface area contributed by atoms with Gasteiger partial charge in [-0.15, -0.1) is 0 Å². The lowest BCUT2D eigenvalue weighted by Crippen LogP contribution is -2.40. The lowest BCUT2D eigenvalue weighted by atomic mass is 10.1. The van der Waals surface area contributed by atoms with Crippen molar-refractivity contribution in [1.82, 2.24) is 4.90 Å². The number of methoxy groups -OCH3 is 1. The fraction of sp³-hybridized carbons (Fsp3) is 0.381. The van der Waals surface area contributed by atoms with E-state index in [1.165, 1.54) is 7.11 Å². The molecule has 0 radical (unpaired) electrons. The van der Waals surface area contributed by atoms with Crippen LogP contribution in [0.3, 0.4) is 0 Å². The third-order valence-electron chi connectivity index (χ3n) is 4.74. The molecule has 0 spiro atoms. The van der Waals surface area contributed by atoms with Crippen molar-refractivity contribution < 1.29 is 28.5 Å². The molecule has 7 nitrogen and oxygen atoms in total. The minimum absolute atomic E-state index is 0.148. The Morgan fingerprint density at radius 1 is 1.11 bits per heavy atom. The van der Waals surface area contributed by atoms with E-state index >= 15 is 0 Å². The molecule has 1 atom stereocenters. The zero-order chi connectivity index (χ0) is 19.3. The Morgan fingerprint density at radius 3 is 2.61 bits per heavy atom. The van der Waals surface area contributed by atoms with E-state index in [-0.39, 0.29) is 12.7 Å². The summed E-state index contributed by atoms with van der Waals surface area (Å²) in [7, 11) is 1.54. The Kier molecular flexibility index (Phi) is 5.76. The first-order valence-electron chi connectivity index (χ1n) is 9.23. The summed E-state index contributed by atoms with van der Waals surface area (Å²) in [5, 5.41) is 0. The molecule has 2 aromatic rings. The molecule has 0 bridgehead atoms. The maximum absolute atomic E-state index is 13.3. The van der Waals surface area contributed by atoms with Gasteiger partial charge in [-0.25, -0.2) is 0 Å². The van der Waals surface area contributed by atoms with Crippen molar-refractivity contribution in [3.05, 3.63) is 59.7 Å². The lowest BCUT2D eigenvalue weighted by Gasteiger charge is -2.28. The Morgan fingerprint density at radius 2 is 1.86 bits per heavy atom. The van der Waals surface area contributed by atoms with Crippen molar-refractivity contribution in [1.29, 1.82) is 0 Å². The number of ether oxygens (including phenoxy) is 5. The summed E-state index contributed by atoms with van der Waals surface area (Å²) in [6.07, 6.45) is -1.14. The molecule has 2 aromatic carbocycles. The highest BCUT2D eigenvalue weighted by Crippen LogP contribution is 2.33. The van der Waals surface area contributed by atoms with Crippen LogP contribution < -0.4 is 9.47 Å². The van der Waals surface area contributed by atoms with E-state index in [0.717, 1.165) is 11.1 Å². The number of carbonyl (C=O) groups is 1. The largest absolute Gasteiger partial charge is 0.454 e. The van der Waals surface area contributed by atoms with Crippen LogP contribution >= 0.6 is 0 Å². The summed E-state index contributed by atoms with van der Waals surface area (Å²) in [5.41, 5.74) is 1.73. The average Bonchev–Trinajstić information content (AvgIpc) is 3.40. The molecule has 7 heteroatoms. The Balaban J connectivity index is 1.56. The highest BCUT2D eigenvalue weighted by atomic mass is 16.7. The van der Waals surface area contributed by atoms with Crippen LogP contribution in [0.2, 0.25) is 0 Å². The van der Waals surface area contributed by atoms with E-state index in [9.17, 15) is 4.79 Å². The lowest BCUT2D eigenvalue weighted by molar-refractivity contribution is -0.149. The molecule has 148 valence electrons. The SMILES string of the molecule is CO[C@@H](C(=O)N(Cc1ccc2c(c1)OCO2)CC1OCCO1)c1ccccc1. The molecule has 1 saturated heterocycles. The molecule has 0 unspecified atom stereocenters. The highest BCUT2D eigenvalue weighted by molar-refractivity contribution is 5.82. The molecule has 28 heavy (non-hydrogen) atoms. The van der Waals surface area contributed by atoms with Crippen LogP contribution in [-0.4, -0.2) is 50.8 Å².